The first-order valence-electron chi connectivity index (χ1n) is 8.43. The molecule has 2 aromatic heterocycles. The molecule has 0 saturated carbocycles. The van der Waals surface area contributed by atoms with Crippen molar-refractivity contribution in [1.29, 1.82) is 0 Å². The number of rotatable bonds is 5. The Morgan fingerprint density at radius 2 is 2.11 bits per heavy atom. The van der Waals surface area contributed by atoms with E-state index in [4.69, 9.17) is 9.15 Å². The van der Waals surface area contributed by atoms with Crippen LogP contribution in [0.4, 0.5) is 13.9 Å². The molecule has 0 saturated heterocycles. The molecule has 0 fully saturated rings. The van der Waals surface area contributed by atoms with E-state index < -0.39 is 17.5 Å². The third kappa shape index (κ3) is 3.46. The summed E-state index contributed by atoms with van der Waals surface area (Å²) in [6, 6.07) is 10.3. The number of hydrogen-bond acceptors (Lipinski definition) is 5. The molecule has 1 amide bonds. The largest absolute Gasteiger partial charge is 0.490 e. The number of fused-ring (bicyclic) bond motifs is 1. The van der Waals surface area contributed by atoms with Crippen molar-refractivity contribution in [3.8, 4) is 17.0 Å². The average Bonchev–Trinajstić information content (AvgIpc) is 3.29. The Balaban J connectivity index is 1.57. The van der Waals surface area contributed by atoms with Crippen LogP contribution in [0.15, 0.2) is 52.3 Å². The van der Waals surface area contributed by atoms with Crippen molar-refractivity contribution in [3.05, 3.63) is 65.2 Å². The van der Waals surface area contributed by atoms with Crippen molar-refractivity contribution >= 4 is 33.3 Å². The van der Waals surface area contributed by atoms with Gasteiger partial charge in [0.2, 0.25) is 0 Å². The average molecular weight is 400 g/mol. The fourth-order valence-corrected chi connectivity index (χ4v) is 3.43. The molecule has 28 heavy (non-hydrogen) atoms. The Kier molecular flexibility index (Phi) is 4.79. The van der Waals surface area contributed by atoms with Crippen molar-refractivity contribution in [1.82, 2.24) is 4.98 Å². The van der Waals surface area contributed by atoms with Gasteiger partial charge in [0, 0.05) is 22.4 Å². The highest BCUT2D eigenvalue weighted by molar-refractivity contribution is 7.14. The molecule has 0 aliphatic rings. The maximum atomic E-state index is 13.9. The van der Waals surface area contributed by atoms with E-state index in [0.29, 0.717) is 23.6 Å². The first-order chi connectivity index (χ1) is 13.5. The van der Waals surface area contributed by atoms with E-state index in [9.17, 15) is 13.6 Å². The molecular weight excluding hydrogens is 386 g/mol. The van der Waals surface area contributed by atoms with Crippen molar-refractivity contribution in [2.75, 3.05) is 11.9 Å². The first kappa shape index (κ1) is 18.1. The van der Waals surface area contributed by atoms with Crippen molar-refractivity contribution in [2.24, 2.45) is 0 Å². The molecule has 2 aromatic carbocycles. The summed E-state index contributed by atoms with van der Waals surface area (Å²) in [5, 5.41) is 5.22. The summed E-state index contributed by atoms with van der Waals surface area (Å²) >= 11 is 1.13. The van der Waals surface area contributed by atoms with E-state index in [1.54, 1.807) is 17.5 Å². The number of carbonyl (C=O) groups excluding carboxylic acids is 1. The predicted molar refractivity (Wildman–Crippen MR) is 103 cm³/mol. The number of aromatic nitrogens is 1. The lowest BCUT2D eigenvalue weighted by atomic mass is 10.1. The van der Waals surface area contributed by atoms with Crippen LogP contribution >= 0.6 is 11.3 Å². The Labute approximate surface area is 162 Å². The van der Waals surface area contributed by atoms with E-state index in [1.807, 2.05) is 19.1 Å². The molecule has 0 aliphatic heterocycles. The second-order valence-corrected chi connectivity index (χ2v) is 6.69. The molecule has 4 aromatic rings. The molecule has 8 heteroatoms. The van der Waals surface area contributed by atoms with Crippen LogP contribution in [0.1, 0.15) is 17.5 Å². The summed E-state index contributed by atoms with van der Waals surface area (Å²) < 4.78 is 38.1. The van der Waals surface area contributed by atoms with Crippen LogP contribution in [-0.4, -0.2) is 17.5 Å². The lowest BCUT2D eigenvalue weighted by Crippen LogP contribution is -2.10. The molecule has 0 spiro atoms. The van der Waals surface area contributed by atoms with Gasteiger partial charge in [-0.25, -0.2) is 13.8 Å². The number of nitrogens with zero attached hydrogens (tertiary/aromatic N) is 1. The number of thiazole rings is 1. The van der Waals surface area contributed by atoms with Gasteiger partial charge in [-0.15, -0.1) is 11.3 Å². The smallest absolute Gasteiger partial charge is 0.293 e. The Bertz CT molecular complexity index is 1170. The van der Waals surface area contributed by atoms with Crippen LogP contribution in [-0.2, 0) is 0 Å². The van der Waals surface area contributed by atoms with Gasteiger partial charge >= 0.3 is 0 Å². The summed E-state index contributed by atoms with van der Waals surface area (Å²) in [6.45, 7) is 2.34. The van der Waals surface area contributed by atoms with E-state index in [1.165, 1.54) is 6.07 Å². The highest BCUT2D eigenvalue weighted by Gasteiger charge is 2.17. The summed E-state index contributed by atoms with van der Waals surface area (Å²) in [4.78, 5) is 16.7. The summed E-state index contributed by atoms with van der Waals surface area (Å²) in [7, 11) is 0. The topological polar surface area (TPSA) is 64.4 Å². The maximum absolute atomic E-state index is 13.9. The Morgan fingerprint density at radius 1 is 1.25 bits per heavy atom. The minimum absolute atomic E-state index is 0.104. The van der Waals surface area contributed by atoms with Crippen LogP contribution < -0.4 is 10.1 Å². The van der Waals surface area contributed by atoms with Gasteiger partial charge in [-0.3, -0.25) is 10.1 Å². The van der Waals surface area contributed by atoms with Crippen molar-refractivity contribution < 1.29 is 22.7 Å². The number of halogens is 2. The summed E-state index contributed by atoms with van der Waals surface area (Å²) in [5.74, 6) is -1.21. The lowest BCUT2D eigenvalue weighted by Gasteiger charge is -2.02. The number of hydrogen-bond donors (Lipinski definition) is 1. The summed E-state index contributed by atoms with van der Waals surface area (Å²) in [6.07, 6.45) is 0. The lowest BCUT2D eigenvalue weighted by molar-refractivity contribution is 0.0998. The predicted octanol–water partition coefficient (Wildman–Crippen LogP) is 5.49. The third-order valence-corrected chi connectivity index (χ3v) is 4.72. The molecule has 4 rings (SSSR count). The number of para-hydroxylation sites is 1. The van der Waals surface area contributed by atoms with E-state index >= 15 is 0 Å². The van der Waals surface area contributed by atoms with Crippen LogP contribution in [0.2, 0.25) is 0 Å². The van der Waals surface area contributed by atoms with Crippen LogP contribution in [0.25, 0.3) is 22.2 Å². The number of furan rings is 1. The summed E-state index contributed by atoms with van der Waals surface area (Å²) in [5.41, 5.74) is 0.951. The van der Waals surface area contributed by atoms with Crippen LogP contribution in [0, 0.1) is 11.6 Å². The van der Waals surface area contributed by atoms with E-state index in [0.717, 1.165) is 28.9 Å². The van der Waals surface area contributed by atoms with Gasteiger partial charge < -0.3 is 9.15 Å². The highest BCUT2D eigenvalue weighted by atomic mass is 32.1. The second-order valence-electron chi connectivity index (χ2n) is 5.83. The fraction of sp³-hybridized carbons (Fsp3) is 0.100. The number of carbonyl (C=O) groups is 1. The Hall–Kier alpha value is -3.26. The number of anilines is 1. The molecule has 0 bridgehead atoms. The number of ether oxygens (including phenoxy) is 1. The maximum Gasteiger partial charge on any atom is 0.293 e. The molecule has 2 heterocycles. The zero-order valence-electron chi connectivity index (χ0n) is 14.7. The minimum atomic E-state index is -0.719. The zero-order valence-corrected chi connectivity index (χ0v) is 15.5. The van der Waals surface area contributed by atoms with Crippen LogP contribution in [0.3, 0.4) is 0 Å². The standard InChI is InChI=1S/C20H14F2N2O3S/c1-2-26-16-5-3-4-11-8-17(27-18(11)16)19(25)24-20-23-15(10-28-20)13-7-6-12(21)9-14(13)22/h3-10H,2H2,1H3,(H,23,24,25). The van der Waals surface area contributed by atoms with Crippen molar-refractivity contribution in [3.63, 3.8) is 0 Å². The zero-order chi connectivity index (χ0) is 19.7. The van der Waals surface area contributed by atoms with Crippen LogP contribution in [0.5, 0.6) is 5.75 Å². The minimum Gasteiger partial charge on any atom is -0.490 e. The second kappa shape index (κ2) is 7.40. The van der Waals surface area contributed by atoms with Crippen molar-refractivity contribution in [2.45, 2.75) is 6.92 Å². The molecule has 0 radical (unpaired) electrons. The number of nitrogens with one attached hydrogen (secondary N) is 1. The van der Waals surface area contributed by atoms with Gasteiger partial charge in [-0.2, -0.15) is 0 Å². The molecular formula is C20H14F2N2O3S. The van der Waals surface area contributed by atoms with Gasteiger partial charge in [-0.1, -0.05) is 12.1 Å². The Morgan fingerprint density at radius 3 is 2.89 bits per heavy atom. The monoisotopic (exact) mass is 400 g/mol. The van der Waals surface area contributed by atoms with Gasteiger partial charge in [0.05, 0.1) is 12.3 Å². The van der Waals surface area contributed by atoms with E-state index in [-0.39, 0.29) is 16.5 Å². The molecule has 0 unspecified atom stereocenters. The molecule has 5 nitrogen and oxygen atoms in total. The molecule has 1 N–H and O–H groups in total. The quantitative estimate of drug-likeness (QED) is 0.481. The fourth-order valence-electron chi connectivity index (χ4n) is 2.73. The van der Waals surface area contributed by atoms with Gasteiger partial charge in [0.15, 0.2) is 22.2 Å². The van der Waals surface area contributed by atoms with Gasteiger partial charge in [-0.05, 0) is 31.2 Å². The molecule has 0 atom stereocenters. The normalized spacial score (nSPS) is 11.0. The molecule has 0 aliphatic carbocycles. The van der Waals surface area contributed by atoms with E-state index in [2.05, 4.69) is 10.3 Å². The third-order valence-electron chi connectivity index (χ3n) is 3.96. The SMILES string of the molecule is CCOc1cccc2cc(C(=O)Nc3nc(-c4ccc(F)cc4F)cs3)oc12. The first-order valence-corrected chi connectivity index (χ1v) is 9.31. The highest BCUT2D eigenvalue weighted by Crippen LogP contribution is 2.30. The van der Waals surface area contributed by atoms with Gasteiger partial charge in [0.1, 0.15) is 11.6 Å². The molecule has 142 valence electrons. The number of benzene rings is 2. The van der Waals surface area contributed by atoms with Gasteiger partial charge in [0.25, 0.3) is 5.91 Å². The number of amides is 1.